The lowest BCUT2D eigenvalue weighted by Crippen LogP contribution is -2.22. The SMILES string of the molecule is N#Cc1cnc(NCC(F)(F)F)nc1Cl. The van der Waals surface area contributed by atoms with E-state index in [1.807, 2.05) is 5.32 Å². The van der Waals surface area contributed by atoms with E-state index in [9.17, 15) is 13.2 Å². The maximum Gasteiger partial charge on any atom is 0.405 e. The predicted octanol–water partition coefficient (Wildman–Crippen LogP) is 1.98. The minimum atomic E-state index is -4.36. The minimum Gasteiger partial charge on any atom is -0.345 e. The number of hydrogen-bond acceptors (Lipinski definition) is 4. The lowest BCUT2D eigenvalue weighted by Gasteiger charge is -2.07. The topological polar surface area (TPSA) is 61.6 Å². The zero-order chi connectivity index (χ0) is 11.5. The molecular formula is C7H4ClF3N4. The largest absolute Gasteiger partial charge is 0.405 e. The Morgan fingerprint density at radius 1 is 1.53 bits per heavy atom. The van der Waals surface area contributed by atoms with Gasteiger partial charge in [0.15, 0.2) is 5.15 Å². The predicted molar refractivity (Wildman–Crippen MR) is 46.3 cm³/mol. The van der Waals surface area contributed by atoms with Crippen LogP contribution in [0.3, 0.4) is 0 Å². The fourth-order valence-corrected chi connectivity index (χ4v) is 0.872. The van der Waals surface area contributed by atoms with Gasteiger partial charge in [-0.3, -0.25) is 0 Å². The summed E-state index contributed by atoms with van der Waals surface area (Å²) in [5, 5.41) is 10.2. The van der Waals surface area contributed by atoms with Gasteiger partial charge < -0.3 is 5.32 Å². The first-order valence-corrected chi connectivity index (χ1v) is 4.03. The standard InChI is InChI=1S/C7H4ClF3N4/c8-5-4(1-12)2-13-6(15-5)14-3-7(9,10)11/h2H,3H2,(H,13,14,15). The highest BCUT2D eigenvalue weighted by molar-refractivity contribution is 6.30. The van der Waals surface area contributed by atoms with E-state index in [1.165, 1.54) is 0 Å². The van der Waals surface area contributed by atoms with E-state index in [0.29, 0.717) is 0 Å². The Kier molecular flexibility index (Phi) is 3.31. The zero-order valence-corrected chi connectivity index (χ0v) is 7.89. The van der Waals surface area contributed by atoms with Gasteiger partial charge in [-0.2, -0.15) is 23.4 Å². The average Bonchev–Trinajstić information content (AvgIpc) is 2.14. The van der Waals surface area contributed by atoms with Gasteiger partial charge in [-0.1, -0.05) is 11.6 Å². The second kappa shape index (κ2) is 4.31. The number of halogens is 4. The molecule has 0 aliphatic carbocycles. The lowest BCUT2D eigenvalue weighted by molar-refractivity contribution is -0.115. The summed E-state index contributed by atoms with van der Waals surface area (Å²) in [5.41, 5.74) is 0.00854. The van der Waals surface area contributed by atoms with Gasteiger partial charge in [0.1, 0.15) is 18.2 Å². The number of hydrogen-bond donors (Lipinski definition) is 1. The van der Waals surface area contributed by atoms with E-state index in [2.05, 4.69) is 9.97 Å². The first kappa shape index (κ1) is 11.5. The number of rotatable bonds is 2. The van der Waals surface area contributed by atoms with E-state index >= 15 is 0 Å². The van der Waals surface area contributed by atoms with Crippen molar-refractivity contribution in [3.8, 4) is 6.07 Å². The molecule has 8 heteroatoms. The van der Waals surface area contributed by atoms with Gasteiger partial charge in [-0.25, -0.2) is 4.98 Å². The van der Waals surface area contributed by atoms with Crippen LogP contribution in [-0.2, 0) is 0 Å². The van der Waals surface area contributed by atoms with Crippen molar-refractivity contribution in [3.63, 3.8) is 0 Å². The quantitative estimate of drug-likeness (QED) is 0.798. The van der Waals surface area contributed by atoms with Crippen LogP contribution < -0.4 is 5.32 Å². The molecule has 0 atom stereocenters. The molecule has 15 heavy (non-hydrogen) atoms. The molecule has 0 unspecified atom stereocenters. The summed E-state index contributed by atoms with van der Waals surface area (Å²) < 4.78 is 35.4. The number of nitrogens with zero attached hydrogens (tertiary/aromatic N) is 3. The molecule has 0 bridgehead atoms. The number of aromatic nitrogens is 2. The zero-order valence-electron chi connectivity index (χ0n) is 7.14. The Hall–Kier alpha value is -1.55. The number of nitriles is 1. The second-order valence-electron chi connectivity index (χ2n) is 2.48. The number of nitrogens with one attached hydrogen (secondary N) is 1. The van der Waals surface area contributed by atoms with Crippen LogP contribution in [0.2, 0.25) is 5.15 Å². The highest BCUT2D eigenvalue weighted by atomic mass is 35.5. The Balaban J connectivity index is 2.73. The molecule has 4 nitrogen and oxygen atoms in total. The van der Waals surface area contributed by atoms with Crippen molar-refractivity contribution in [2.75, 3.05) is 11.9 Å². The molecule has 1 N–H and O–H groups in total. The van der Waals surface area contributed by atoms with Crippen LogP contribution in [0.1, 0.15) is 5.56 Å². The molecule has 0 saturated heterocycles. The summed E-state index contributed by atoms with van der Waals surface area (Å²) in [6.45, 7) is -1.25. The van der Waals surface area contributed by atoms with Gasteiger partial charge >= 0.3 is 6.18 Å². The van der Waals surface area contributed by atoms with Gasteiger partial charge in [0.05, 0.1) is 6.20 Å². The Bertz CT molecular complexity index is 398. The molecule has 80 valence electrons. The van der Waals surface area contributed by atoms with Crippen LogP contribution in [0.5, 0.6) is 0 Å². The Morgan fingerprint density at radius 3 is 2.67 bits per heavy atom. The van der Waals surface area contributed by atoms with Crippen LogP contribution in [0, 0.1) is 11.3 Å². The first-order valence-electron chi connectivity index (χ1n) is 3.65. The van der Waals surface area contributed by atoms with E-state index < -0.39 is 12.7 Å². The third-order valence-electron chi connectivity index (χ3n) is 1.31. The van der Waals surface area contributed by atoms with Gasteiger partial charge in [0, 0.05) is 0 Å². The van der Waals surface area contributed by atoms with Crippen molar-refractivity contribution in [2.24, 2.45) is 0 Å². The summed E-state index contributed by atoms with van der Waals surface area (Å²) in [7, 11) is 0. The van der Waals surface area contributed by atoms with Crippen molar-refractivity contribution >= 4 is 17.5 Å². The van der Waals surface area contributed by atoms with Gasteiger partial charge in [0.25, 0.3) is 0 Å². The van der Waals surface area contributed by atoms with Crippen molar-refractivity contribution in [3.05, 3.63) is 16.9 Å². The Labute approximate surface area is 87.7 Å². The maximum absolute atomic E-state index is 11.8. The first-order chi connectivity index (χ1) is 6.92. The van der Waals surface area contributed by atoms with Crippen molar-refractivity contribution in [2.45, 2.75) is 6.18 Å². The summed E-state index contributed by atoms with van der Waals surface area (Å²) in [4.78, 5) is 6.95. The van der Waals surface area contributed by atoms with Crippen LogP contribution in [0.4, 0.5) is 19.1 Å². The summed E-state index contributed by atoms with van der Waals surface area (Å²) >= 11 is 5.48. The minimum absolute atomic E-state index is 0.00854. The van der Waals surface area contributed by atoms with Gasteiger partial charge in [-0.15, -0.1) is 0 Å². The average molecular weight is 237 g/mol. The molecule has 0 saturated carbocycles. The molecular weight excluding hydrogens is 233 g/mol. The van der Waals surface area contributed by atoms with E-state index in [1.54, 1.807) is 6.07 Å². The van der Waals surface area contributed by atoms with Gasteiger partial charge in [0.2, 0.25) is 5.95 Å². The molecule has 1 aromatic rings. The van der Waals surface area contributed by atoms with Crippen LogP contribution >= 0.6 is 11.6 Å². The third-order valence-corrected chi connectivity index (χ3v) is 1.60. The number of anilines is 1. The monoisotopic (exact) mass is 236 g/mol. The Morgan fingerprint density at radius 2 is 2.20 bits per heavy atom. The molecule has 1 aromatic heterocycles. The fourth-order valence-electron chi connectivity index (χ4n) is 0.700. The van der Waals surface area contributed by atoms with Gasteiger partial charge in [-0.05, 0) is 0 Å². The third kappa shape index (κ3) is 3.59. The van der Waals surface area contributed by atoms with Crippen LogP contribution in [0.25, 0.3) is 0 Å². The molecule has 0 fully saturated rings. The molecule has 1 rings (SSSR count). The summed E-state index contributed by atoms with van der Waals surface area (Å²) in [6.07, 6.45) is -3.31. The van der Waals surface area contributed by atoms with E-state index in [0.717, 1.165) is 6.20 Å². The van der Waals surface area contributed by atoms with Crippen molar-refractivity contribution in [1.82, 2.24) is 9.97 Å². The molecule has 0 aliphatic rings. The second-order valence-corrected chi connectivity index (χ2v) is 2.84. The van der Waals surface area contributed by atoms with E-state index in [-0.39, 0.29) is 16.7 Å². The van der Waals surface area contributed by atoms with E-state index in [4.69, 9.17) is 16.9 Å². The molecule has 0 spiro atoms. The fraction of sp³-hybridized carbons (Fsp3) is 0.286. The highest BCUT2D eigenvalue weighted by Gasteiger charge is 2.27. The molecule has 0 aliphatic heterocycles. The molecule has 1 heterocycles. The summed E-state index contributed by atoms with van der Waals surface area (Å²) in [5.74, 6) is -0.267. The van der Waals surface area contributed by atoms with Crippen LogP contribution in [0.15, 0.2) is 6.20 Å². The normalized spacial score (nSPS) is 10.9. The molecule has 0 amide bonds. The molecule has 0 radical (unpaired) electrons. The number of alkyl halides is 3. The van der Waals surface area contributed by atoms with Crippen LogP contribution in [-0.4, -0.2) is 22.7 Å². The molecule has 0 aromatic carbocycles. The highest BCUT2D eigenvalue weighted by Crippen LogP contribution is 2.16. The van der Waals surface area contributed by atoms with Crippen molar-refractivity contribution in [1.29, 1.82) is 5.26 Å². The smallest absolute Gasteiger partial charge is 0.345 e. The lowest BCUT2D eigenvalue weighted by atomic mass is 10.4. The summed E-state index contributed by atoms with van der Waals surface area (Å²) in [6, 6.07) is 1.69. The van der Waals surface area contributed by atoms with Crippen molar-refractivity contribution < 1.29 is 13.2 Å². The maximum atomic E-state index is 11.8.